The molecule has 7 nitrogen and oxygen atoms in total. The van der Waals surface area contributed by atoms with Gasteiger partial charge in [-0.15, -0.1) is 11.3 Å². The second-order valence-corrected chi connectivity index (χ2v) is 7.84. The number of carbonyl (C=O) groups excluding carboxylic acids is 3. The summed E-state index contributed by atoms with van der Waals surface area (Å²) in [6, 6.07) is 0.317. The third-order valence-corrected chi connectivity index (χ3v) is 5.23. The Morgan fingerprint density at radius 3 is 2.42 bits per heavy atom. The largest absolute Gasteiger partial charge is 0.462 e. The normalized spacial score (nSPS) is 14.6. The summed E-state index contributed by atoms with van der Waals surface area (Å²) in [5, 5.41) is 6.27. The zero-order valence-electron chi connectivity index (χ0n) is 15.9. The summed E-state index contributed by atoms with van der Waals surface area (Å²) in [7, 11) is 1.80. The van der Waals surface area contributed by atoms with E-state index in [1.165, 1.54) is 11.3 Å². The monoisotopic (exact) mass is 382 g/mol. The second-order valence-electron chi connectivity index (χ2n) is 6.62. The molecule has 1 aliphatic carbocycles. The Hall–Kier alpha value is -1.93. The van der Waals surface area contributed by atoms with Gasteiger partial charge < -0.3 is 20.3 Å². The number of aryl methyl sites for hydroxylation is 1. The Labute approximate surface area is 158 Å². The minimum Gasteiger partial charge on any atom is -0.462 e. The highest BCUT2D eigenvalue weighted by atomic mass is 32.1. The van der Waals surface area contributed by atoms with Gasteiger partial charge in [-0.1, -0.05) is 6.92 Å². The average Bonchev–Trinajstić information content (AvgIpc) is 3.29. The van der Waals surface area contributed by atoms with E-state index in [-0.39, 0.29) is 31.5 Å². The molecule has 1 heterocycles. The van der Waals surface area contributed by atoms with Crippen LogP contribution in [-0.2, 0) is 20.7 Å². The second kappa shape index (κ2) is 9.14. The summed E-state index contributed by atoms with van der Waals surface area (Å²) in [6.45, 7) is 6.34. The minimum absolute atomic E-state index is 0.0368. The Kier molecular flexibility index (Phi) is 7.16. The summed E-state index contributed by atoms with van der Waals surface area (Å²) >= 11 is 1.38. The number of amides is 2. The quantitative estimate of drug-likeness (QED) is 0.544. The molecule has 1 aromatic rings. The molecule has 0 radical (unpaired) electrons. The summed E-state index contributed by atoms with van der Waals surface area (Å²) in [4.78, 5) is 38.3. The number of quaternary nitrogens is 1. The summed E-state index contributed by atoms with van der Waals surface area (Å²) in [5.74, 6) is -0.671. The van der Waals surface area contributed by atoms with E-state index in [0.29, 0.717) is 23.0 Å². The van der Waals surface area contributed by atoms with E-state index in [4.69, 9.17) is 4.74 Å². The molecular formula is C18H28N3O4S+. The molecule has 0 aliphatic heterocycles. The highest BCUT2D eigenvalue weighted by Crippen LogP contribution is 2.34. The molecule has 2 rings (SSSR count). The molecule has 3 N–H and O–H groups in total. The van der Waals surface area contributed by atoms with Crippen LogP contribution < -0.4 is 15.5 Å². The highest BCUT2D eigenvalue weighted by molar-refractivity contribution is 7.16. The number of hydrogen-bond donors (Lipinski definition) is 3. The third kappa shape index (κ3) is 5.54. The zero-order chi connectivity index (χ0) is 19.3. The van der Waals surface area contributed by atoms with Gasteiger partial charge in [0, 0.05) is 10.9 Å². The molecule has 2 amide bonds. The number of hydrogen-bond acceptors (Lipinski definition) is 5. The van der Waals surface area contributed by atoms with E-state index in [0.717, 1.165) is 28.2 Å². The van der Waals surface area contributed by atoms with Gasteiger partial charge in [0.1, 0.15) is 5.00 Å². The fourth-order valence-corrected chi connectivity index (χ4v) is 3.95. The van der Waals surface area contributed by atoms with Gasteiger partial charge in [0.2, 0.25) is 0 Å². The number of ether oxygens (including phenoxy) is 1. The first-order valence-electron chi connectivity index (χ1n) is 9.05. The first-order chi connectivity index (χ1) is 12.3. The van der Waals surface area contributed by atoms with Crippen molar-refractivity contribution >= 4 is 34.1 Å². The van der Waals surface area contributed by atoms with E-state index in [2.05, 4.69) is 10.6 Å². The Bertz CT molecular complexity index is 682. The van der Waals surface area contributed by atoms with Gasteiger partial charge in [-0.25, -0.2) is 4.79 Å². The number of rotatable bonds is 9. The Morgan fingerprint density at radius 1 is 1.19 bits per heavy atom. The maximum Gasteiger partial charge on any atom is 0.341 e. The van der Waals surface area contributed by atoms with E-state index >= 15 is 0 Å². The van der Waals surface area contributed by atoms with Crippen molar-refractivity contribution in [1.29, 1.82) is 0 Å². The molecule has 1 aromatic heterocycles. The van der Waals surface area contributed by atoms with Crippen LogP contribution in [0.4, 0.5) is 5.00 Å². The topological polar surface area (TPSA) is 88.9 Å². The molecule has 1 unspecified atom stereocenters. The van der Waals surface area contributed by atoms with Crippen molar-refractivity contribution in [3.63, 3.8) is 0 Å². The molecule has 26 heavy (non-hydrogen) atoms. The molecule has 1 aliphatic rings. The zero-order valence-corrected chi connectivity index (χ0v) is 16.7. The van der Waals surface area contributed by atoms with Gasteiger partial charge in [-0.3, -0.25) is 9.59 Å². The number of nitrogens with one attached hydrogen (secondary N) is 3. The van der Waals surface area contributed by atoms with Gasteiger partial charge in [-0.2, -0.15) is 0 Å². The van der Waals surface area contributed by atoms with Crippen molar-refractivity contribution in [2.75, 3.05) is 32.1 Å². The molecule has 1 saturated carbocycles. The molecule has 0 bridgehead atoms. The third-order valence-electron chi connectivity index (χ3n) is 4.16. The SMILES string of the molecule is CCOC(=O)c1c(NC(=O)C[NH+](C)CC(=O)NC2CC2)sc(C)c1CC. The molecule has 1 atom stereocenters. The van der Waals surface area contributed by atoms with Crippen LogP contribution in [0.15, 0.2) is 0 Å². The summed E-state index contributed by atoms with van der Waals surface area (Å²) < 4.78 is 5.14. The van der Waals surface area contributed by atoms with Gasteiger partial charge >= 0.3 is 5.97 Å². The molecule has 1 fully saturated rings. The Balaban J connectivity index is 1.98. The smallest absolute Gasteiger partial charge is 0.341 e. The maximum absolute atomic E-state index is 12.4. The Morgan fingerprint density at radius 2 is 1.85 bits per heavy atom. The highest BCUT2D eigenvalue weighted by Gasteiger charge is 2.26. The van der Waals surface area contributed by atoms with E-state index in [1.807, 2.05) is 13.8 Å². The first kappa shape index (κ1) is 20.4. The van der Waals surface area contributed by atoms with Gasteiger partial charge in [0.15, 0.2) is 13.1 Å². The fraction of sp³-hybridized carbons (Fsp3) is 0.611. The van der Waals surface area contributed by atoms with Crippen LogP contribution in [0.5, 0.6) is 0 Å². The minimum atomic E-state index is -0.409. The van der Waals surface area contributed by atoms with Gasteiger partial charge in [-0.05, 0) is 38.7 Å². The van der Waals surface area contributed by atoms with Crippen LogP contribution in [0.25, 0.3) is 0 Å². The number of esters is 1. The van der Waals surface area contributed by atoms with Crippen LogP contribution in [0.2, 0.25) is 0 Å². The van der Waals surface area contributed by atoms with Gasteiger partial charge in [0.05, 0.1) is 19.2 Å². The number of likely N-dealkylation sites (N-methyl/N-ethyl adjacent to an activating group) is 1. The molecule has 0 saturated heterocycles. The van der Waals surface area contributed by atoms with Crippen molar-refractivity contribution in [3.05, 3.63) is 16.0 Å². The number of anilines is 1. The number of thiophene rings is 1. The van der Waals surface area contributed by atoms with Gasteiger partial charge in [0.25, 0.3) is 11.8 Å². The summed E-state index contributed by atoms with van der Waals surface area (Å²) in [5.41, 5.74) is 1.36. The van der Waals surface area contributed by atoms with E-state index < -0.39 is 5.97 Å². The standard InChI is InChI=1S/C18H27N3O4S/c1-5-13-11(3)26-17(16(13)18(24)25-6-2)20-15(23)10-21(4)9-14(22)19-12-7-8-12/h12H,5-10H2,1-4H3,(H,19,22)(H,20,23)/p+1. The fourth-order valence-electron chi connectivity index (χ4n) is 2.80. The molecule has 144 valence electrons. The predicted octanol–water partition coefficient (Wildman–Crippen LogP) is 0.527. The van der Waals surface area contributed by atoms with Crippen LogP contribution >= 0.6 is 11.3 Å². The van der Waals surface area contributed by atoms with Crippen LogP contribution in [0, 0.1) is 6.92 Å². The van der Waals surface area contributed by atoms with Crippen LogP contribution in [0.1, 0.15) is 47.5 Å². The average molecular weight is 383 g/mol. The lowest BCUT2D eigenvalue weighted by molar-refractivity contribution is -0.862. The lowest BCUT2D eigenvalue weighted by Gasteiger charge is -2.13. The summed E-state index contributed by atoms with van der Waals surface area (Å²) in [6.07, 6.45) is 2.78. The molecule has 0 spiro atoms. The molecular weight excluding hydrogens is 354 g/mol. The molecule has 0 aromatic carbocycles. The van der Waals surface area contributed by atoms with Crippen molar-refractivity contribution in [3.8, 4) is 0 Å². The van der Waals surface area contributed by atoms with Crippen LogP contribution in [0.3, 0.4) is 0 Å². The van der Waals surface area contributed by atoms with Crippen molar-refractivity contribution < 1.29 is 24.0 Å². The molecule has 8 heteroatoms. The predicted molar refractivity (Wildman–Crippen MR) is 101 cm³/mol. The first-order valence-corrected chi connectivity index (χ1v) is 9.87. The van der Waals surface area contributed by atoms with E-state index in [9.17, 15) is 14.4 Å². The van der Waals surface area contributed by atoms with E-state index in [1.54, 1.807) is 14.0 Å². The van der Waals surface area contributed by atoms with Crippen molar-refractivity contribution in [1.82, 2.24) is 5.32 Å². The lowest BCUT2D eigenvalue weighted by Crippen LogP contribution is -3.11. The van der Waals surface area contributed by atoms with Crippen LogP contribution in [-0.4, -0.2) is 50.6 Å². The van der Waals surface area contributed by atoms with Crippen molar-refractivity contribution in [2.24, 2.45) is 0 Å². The number of carbonyl (C=O) groups is 3. The lowest BCUT2D eigenvalue weighted by atomic mass is 10.1. The van der Waals surface area contributed by atoms with Crippen molar-refractivity contribution in [2.45, 2.75) is 46.1 Å². The maximum atomic E-state index is 12.4.